The van der Waals surface area contributed by atoms with Crippen molar-refractivity contribution in [2.24, 2.45) is 0 Å². The number of urea groups is 1. The molecular weight excluding hydrogens is 294 g/mol. The standard InChI is InChI=1S/C17H23N3O3/c21-15(18-12-10-14-6-2-1-3-7-14)8-4-11-19-17(23)20-13-5-9-16(20)22/h1-3,6-7H,4-5,8-13H2,(H,18,21)(H,19,23). The normalized spacial score (nSPS) is 13.9. The molecule has 6 nitrogen and oxygen atoms in total. The van der Waals surface area contributed by atoms with Gasteiger partial charge < -0.3 is 10.6 Å². The largest absolute Gasteiger partial charge is 0.356 e. The second-order valence-corrected chi connectivity index (χ2v) is 5.57. The minimum absolute atomic E-state index is 0.0209. The van der Waals surface area contributed by atoms with Crippen molar-refractivity contribution in [3.05, 3.63) is 35.9 Å². The van der Waals surface area contributed by atoms with E-state index >= 15 is 0 Å². The van der Waals surface area contributed by atoms with Crippen LogP contribution in [0.4, 0.5) is 4.79 Å². The number of hydrogen-bond donors (Lipinski definition) is 2. The Balaban J connectivity index is 1.53. The van der Waals surface area contributed by atoms with Crippen LogP contribution in [-0.2, 0) is 16.0 Å². The van der Waals surface area contributed by atoms with E-state index < -0.39 is 0 Å². The van der Waals surface area contributed by atoms with E-state index in [9.17, 15) is 14.4 Å². The molecule has 2 N–H and O–H groups in total. The smallest absolute Gasteiger partial charge is 0.324 e. The number of amides is 4. The van der Waals surface area contributed by atoms with E-state index in [0.717, 1.165) is 12.8 Å². The second kappa shape index (κ2) is 8.92. The zero-order chi connectivity index (χ0) is 16.5. The topological polar surface area (TPSA) is 78.5 Å². The monoisotopic (exact) mass is 317 g/mol. The van der Waals surface area contributed by atoms with E-state index in [0.29, 0.717) is 38.9 Å². The Labute approximate surface area is 136 Å². The Morgan fingerprint density at radius 3 is 2.57 bits per heavy atom. The Bertz CT molecular complexity index is 545. The predicted molar refractivity (Wildman–Crippen MR) is 86.7 cm³/mol. The summed E-state index contributed by atoms with van der Waals surface area (Å²) in [4.78, 5) is 36.0. The zero-order valence-corrected chi connectivity index (χ0v) is 13.2. The van der Waals surface area contributed by atoms with E-state index in [-0.39, 0.29) is 17.8 Å². The van der Waals surface area contributed by atoms with Gasteiger partial charge in [0.1, 0.15) is 0 Å². The third-order valence-electron chi connectivity index (χ3n) is 3.75. The Kier molecular flexibility index (Phi) is 6.59. The molecule has 1 fully saturated rings. The van der Waals surface area contributed by atoms with Crippen molar-refractivity contribution in [1.29, 1.82) is 0 Å². The third-order valence-corrected chi connectivity index (χ3v) is 3.75. The highest BCUT2D eigenvalue weighted by atomic mass is 16.2. The van der Waals surface area contributed by atoms with Crippen LogP contribution in [0.15, 0.2) is 30.3 Å². The molecule has 0 spiro atoms. The number of carbonyl (C=O) groups excluding carboxylic acids is 3. The minimum Gasteiger partial charge on any atom is -0.356 e. The van der Waals surface area contributed by atoms with Crippen LogP contribution in [0.25, 0.3) is 0 Å². The van der Waals surface area contributed by atoms with Gasteiger partial charge in [-0.2, -0.15) is 0 Å². The molecule has 1 aromatic carbocycles. The first-order valence-electron chi connectivity index (χ1n) is 8.05. The molecule has 124 valence electrons. The summed E-state index contributed by atoms with van der Waals surface area (Å²) in [6.45, 7) is 1.50. The van der Waals surface area contributed by atoms with Crippen LogP contribution < -0.4 is 10.6 Å². The molecule has 1 aromatic rings. The maximum Gasteiger partial charge on any atom is 0.324 e. The Hall–Kier alpha value is -2.37. The number of hydrogen-bond acceptors (Lipinski definition) is 3. The summed E-state index contributed by atoms with van der Waals surface area (Å²) in [6.07, 6.45) is 2.90. The first kappa shape index (κ1) is 17.0. The molecule has 0 aromatic heterocycles. The number of nitrogens with zero attached hydrogens (tertiary/aromatic N) is 1. The maximum atomic E-state index is 11.7. The molecule has 1 aliphatic rings. The maximum absolute atomic E-state index is 11.7. The van der Waals surface area contributed by atoms with Crippen molar-refractivity contribution in [3.63, 3.8) is 0 Å². The van der Waals surface area contributed by atoms with Gasteiger partial charge in [-0.25, -0.2) is 4.79 Å². The van der Waals surface area contributed by atoms with Gasteiger partial charge in [-0.1, -0.05) is 30.3 Å². The molecule has 1 saturated heterocycles. The molecule has 1 heterocycles. The first-order valence-corrected chi connectivity index (χ1v) is 8.05. The summed E-state index contributed by atoms with van der Waals surface area (Å²) in [5.41, 5.74) is 1.19. The number of nitrogens with one attached hydrogen (secondary N) is 2. The van der Waals surface area contributed by atoms with Crippen molar-refractivity contribution >= 4 is 17.8 Å². The lowest BCUT2D eigenvalue weighted by atomic mass is 10.1. The van der Waals surface area contributed by atoms with E-state index in [2.05, 4.69) is 10.6 Å². The van der Waals surface area contributed by atoms with E-state index in [1.807, 2.05) is 30.3 Å². The minimum atomic E-state index is -0.350. The molecule has 0 unspecified atom stereocenters. The van der Waals surface area contributed by atoms with Crippen LogP contribution >= 0.6 is 0 Å². The highest BCUT2D eigenvalue weighted by Gasteiger charge is 2.25. The fourth-order valence-electron chi connectivity index (χ4n) is 2.48. The van der Waals surface area contributed by atoms with Crippen molar-refractivity contribution < 1.29 is 14.4 Å². The van der Waals surface area contributed by atoms with Crippen molar-refractivity contribution in [2.75, 3.05) is 19.6 Å². The Morgan fingerprint density at radius 2 is 1.87 bits per heavy atom. The summed E-state index contributed by atoms with van der Waals surface area (Å²) >= 11 is 0. The molecule has 0 bridgehead atoms. The molecule has 23 heavy (non-hydrogen) atoms. The van der Waals surface area contributed by atoms with Crippen LogP contribution in [0.1, 0.15) is 31.2 Å². The lowest BCUT2D eigenvalue weighted by molar-refractivity contribution is -0.125. The van der Waals surface area contributed by atoms with Gasteiger partial charge in [-0.15, -0.1) is 0 Å². The van der Waals surface area contributed by atoms with Gasteiger partial charge in [-0.3, -0.25) is 14.5 Å². The summed E-state index contributed by atoms with van der Waals surface area (Å²) in [5.74, 6) is -0.145. The molecule has 0 saturated carbocycles. The SMILES string of the molecule is O=C(CCCNC(=O)N1CCCC1=O)NCCc1ccccc1. The van der Waals surface area contributed by atoms with Crippen LogP contribution in [0.5, 0.6) is 0 Å². The van der Waals surface area contributed by atoms with Crippen molar-refractivity contribution in [2.45, 2.75) is 32.1 Å². The zero-order valence-electron chi connectivity index (χ0n) is 13.2. The van der Waals surface area contributed by atoms with E-state index in [1.54, 1.807) is 0 Å². The quantitative estimate of drug-likeness (QED) is 0.747. The average Bonchev–Trinajstić information content (AvgIpc) is 2.98. The number of rotatable bonds is 7. The summed E-state index contributed by atoms with van der Waals surface area (Å²) in [7, 11) is 0. The van der Waals surface area contributed by atoms with Crippen LogP contribution in [-0.4, -0.2) is 42.4 Å². The Morgan fingerprint density at radius 1 is 1.09 bits per heavy atom. The van der Waals surface area contributed by atoms with E-state index in [1.165, 1.54) is 10.5 Å². The molecule has 0 atom stereocenters. The summed E-state index contributed by atoms with van der Waals surface area (Å²) in [6, 6.07) is 9.63. The van der Waals surface area contributed by atoms with Gasteiger partial charge in [0.25, 0.3) is 0 Å². The van der Waals surface area contributed by atoms with E-state index in [4.69, 9.17) is 0 Å². The van der Waals surface area contributed by atoms with Crippen LogP contribution in [0.2, 0.25) is 0 Å². The van der Waals surface area contributed by atoms with Gasteiger partial charge in [0.05, 0.1) is 0 Å². The highest BCUT2D eigenvalue weighted by molar-refractivity contribution is 5.95. The van der Waals surface area contributed by atoms with Gasteiger partial charge in [0.15, 0.2) is 0 Å². The lowest BCUT2D eigenvalue weighted by Gasteiger charge is -2.14. The first-order chi connectivity index (χ1) is 11.2. The molecule has 2 rings (SSSR count). The molecule has 6 heteroatoms. The number of imide groups is 1. The lowest BCUT2D eigenvalue weighted by Crippen LogP contribution is -2.41. The predicted octanol–water partition coefficient (Wildman–Crippen LogP) is 1.46. The molecule has 4 amide bonds. The fourth-order valence-corrected chi connectivity index (χ4v) is 2.48. The molecule has 0 aliphatic carbocycles. The van der Waals surface area contributed by atoms with Gasteiger partial charge in [0.2, 0.25) is 11.8 Å². The van der Waals surface area contributed by atoms with Gasteiger partial charge >= 0.3 is 6.03 Å². The molecule has 1 aliphatic heterocycles. The van der Waals surface area contributed by atoms with Gasteiger partial charge in [0, 0.05) is 32.5 Å². The van der Waals surface area contributed by atoms with Crippen LogP contribution in [0, 0.1) is 0 Å². The number of carbonyl (C=O) groups is 3. The summed E-state index contributed by atoms with van der Waals surface area (Å²) < 4.78 is 0. The van der Waals surface area contributed by atoms with Gasteiger partial charge in [-0.05, 0) is 24.8 Å². The fraction of sp³-hybridized carbons (Fsp3) is 0.471. The second-order valence-electron chi connectivity index (χ2n) is 5.57. The van der Waals surface area contributed by atoms with Crippen LogP contribution in [0.3, 0.4) is 0 Å². The van der Waals surface area contributed by atoms with Crippen molar-refractivity contribution in [1.82, 2.24) is 15.5 Å². The molecular formula is C17H23N3O3. The molecule has 0 radical (unpaired) electrons. The van der Waals surface area contributed by atoms with Crippen molar-refractivity contribution in [3.8, 4) is 0 Å². The number of likely N-dealkylation sites (tertiary alicyclic amines) is 1. The third kappa shape index (κ3) is 5.73. The summed E-state index contributed by atoms with van der Waals surface area (Å²) in [5, 5.41) is 5.54. The highest BCUT2D eigenvalue weighted by Crippen LogP contribution is 2.09. The number of benzene rings is 1. The average molecular weight is 317 g/mol.